The summed E-state index contributed by atoms with van der Waals surface area (Å²) < 4.78 is 15.4. The fourth-order valence-corrected chi connectivity index (χ4v) is 3.03. The molecule has 4 rings (SSSR count). The van der Waals surface area contributed by atoms with Crippen molar-refractivity contribution in [3.05, 3.63) is 84.6 Å². The van der Waals surface area contributed by atoms with Gasteiger partial charge >= 0.3 is 0 Å². The Labute approximate surface area is 133 Å². The lowest BCUT2D eigenvalue weighted by atomic mass is 10.0. The van der Waals surface area contributed by atoms with Crippen molar-refractivity contribution in [2.75, 3.05) is 0 Å². The highest BCUT2D eigenvalue weighted by atomic mass is 19.1. The number of aromatic nitrogens is 2. The first-order chi connectivity index (χ1) is 11.2. The Kier molecular flexibility index (Phi) is 3.19. The number of nitrogens with zero attached hydrogens (tertiary/aromatic N) is 2. The van der Waals surface area contributed by atoms with E-state index in [-0.39, 0.29) is 5.82 Å². The minimum Gasteiger partial charge on any atom is -0.316 e. The molecule has 2 aromatic heterocycles. The normalized spacial score (nSPS) is 11.0. The maximum absolute atomic E-state index is 13.3. The van der Waals surface area contributed by atoms with Gasteiger partial charge in [0.25, 0.3) is 0 Å². The monoisotopic (exact) mass is 302 g/mol. The van der Waals surface area contributed by atoms with Gasteiger partial charge in [-0.3, -0.25) is 4.98 Å². The molecule has 23 heavy (non-hydrogen) atoms. The Morgan fingerprint density at radius 3 is 2.39 bits per heavy atom. The average Bonchev–Trinajstić information content (AvgIpc) is 2.97. The van der Waals surface area contributed by atoms with E-state index in [0.717, 1.165) is 22.3 Å². The molecule has 0 N–H and O–H groups in total. The molecule has 112 valence electrons. The molecule has 0 aliphatic heterocycles. The van der Waals surface area contributed by atoms with Crippen LogP contribution in [0.25, 0.3) is 27.7 Å². The Balaban J connectivity index is 2.04. The number of halogens is 1. The van der Waals surface area contributed by atoms with Crippen LogP contribution < -0.4 is 0 Å². The second-order valence-electron chi connectivity index (χ2n) is 5.59. The quantitative estimate of drug-likeness (QED) is 0.501. The smallest absolute Gasteiger partial charge is 0.123 e. The third-order valence-corrected chi connectivity index (χ3v) is 4.13. The molecular weight excluding hydrogens is 287 g/mol. The standard InChI is InChI=1S/C20H15FN2/c1-14-3-2-4-19-20(14)18(15-5-7-16(21)8-6-15)13-23(19)17-9-11-22-12-10-17/h2-13H,1H3. The molecule has 2 heterocycles. The molecule has 0 aliphatic rings. The van der Waals surface area contributed by atoms with Gasteiger partial charge in [0.15, 0.2) is 0 Å². The van der Waals surface area contributed by atoms with Gasteiger partial charge in [-0.25, -0.2) is 4.39 Å². The van der Waals surface area contributed by atoms with Gasteiger partial charge < -0.3 is 4.57 Å². The Morgan fingerprint density at radius 2 is 1.65 bits per heavy atom. The molecule has 0 radical (unpaired) electrons. The number of fused-ring (bicyclic) bond motifs is 1. The van der Waals surface area contributed by atoms with E-state index in [9.17, 15) is 4.39 Å². The van der Waals surface area contributed by atoms with Crippen molar-refractivity contribution < 1.29 is 4.39 Å². The highest BCUT2D eigenvalue weighted by Gasteiger charge is 2.13. The molecule has 0 aliphatic carbocycles. The molecule has 3 heteroatoms. The summed E-state index contributed by atoms with van der Waals surface area (Å²) in [6, 6.07) is 16.9. The predicted molar refractivity (Wildman–Crippen MR) is 91.2 cm³/mol. The summed E-state index contributed by atoms with van der Waals surface area (Å²) in [5, 5.41) is 1.19. The second kappa shape index (κ2) is 5.36. The predicted octanol–water partition coefficient (Wildman–Crippen LogP) is 5.14. The molecule has 0 atom stereocenters. The molecule has 0 amide bonds. The highest BCUT2D eigenvalue weighted by molar-refractivity contribution is 5.99. The van der Waals surface area contributed by atoms with Gasteiger partial charge in [0.05, 0.1) is 5.52 Å². The largest absolute Gasteiger partial charge is 0.316 e. The van der Waals surface area contributed by atoms with Crippen molar-refractivity contribution >= 4 is 10.9 Å². The van der Waals surface area contributed by atoms with Gasteiger partial charge in [0, 0.05) is 35.2 Å². The summed E-state index contributed by atoms with van der Waals surface area (Å²) in [6.45, 7) is 2.10. The zero-order valence-electron chi connectivity index (χ0n) is 12.7. The summed E-state index contributed by atoms with van der Waals surface area (Å²) in [5.74, 6) is -0.219. The van der Waals surface area contributed by atoms with Gasteiger partial charge in [-0.2, -0.15) is 0 Å². The Hall–Kier alpha value is -2.94. The van der Waals surface area contributed by atoms with E-state index >= 15 is 0 Å². The van der Waals surface area contributed by atoms with Gasteiger partial charge in [-0.05, 0) is 48.4 Å². The summed E-state index contributed by atoms with van der Waals surface area (Å²) in [7, 11) is 0. The van der Waals surface area contributed by atoms with Crippen LogP contribution in [0.15, 0.2) is 73.2 Å². The van der Waals surface area contributed by atoms with Crippen LogP contribution in [0.5, 0.6) is 0 Å². The van der Waals surface area contributed by atoms with Crippen LogP contribution in [0.1, 0.15) is 5.56 Å². The van der Waals surface area contributed by atoms with E-state index in [1.807, 2.05) is 24.3 Å². The van der Waals surface area contributed by atoms with Gasteiger partial charge in [0.1, 0.15) is 5.82 Å². The van der Waals surface area contributed by atoms with Crippen LogP contribution in [0.2, 0.25) is 0 Å². The van der Waals surface area contributed by atoms with Crippen LogP contribution in [0.4, 0.5) is 4.39 Å². The van der Waals surface area contributed by atoms with E-state index in [4.69, 9.17) is 0 Å². The number of hydrogen-bond acceptors (Lipinski definition) is 1. The van der Waals surface area contributed by atoms with Crippen molar-refractivity contribution in [2.45, 2.75) is 6.92 Å². The van der Waals surface area contributed by atoms with Crippen molar-refractivity contribution in [2.24, 2.45) is 0 Å². The first-order valence-corrected chi connectivity index (χ1v) is 7.51. The number of aryl methyl sites for hydroxylation is 1. The zero-order chi connectivity index (χ0) is 15.8. The third-order valence-electron chi connectivity index (χ3n) is 4.13. The number of benzene rings is 2. The maximum Gasteiger partial charge on any atom is 0.123 e. The number of hydrogen-bond donors (Lipinski definition) is 0. The molecule has 0 saturated heterocycles. The van der Waals surface area contributed by atoms with Gasteiger partial charge in [0.2, 0.25) is 0 Å². The SMILES string of the molecule is Cc1cccc2c1c(-c1ccc(F)cc1)cn2-c1ccncc1. The lowest BCUT2D eigenvalue weighted by molar-refractivity contribution is 0.628. The molecule has 2 aromatic carbocycles. The minimum absolute atomic E-state index is 0.219. The van der Waals surface area contributed by atoms with Gasteiger partial charge in [-0.15, -0.1) is 0 Å². The third kappa shape index (κ3) is 2.30. The van der Waals surface area contributed by atoms with E-state index in [0.29, 0.717) is 0 Å². The van der Waals surface area contributed by atoms with Crippen LogP contribution in [0.3, 0.4) is 0 Å². The summed E-state index contributed by atoms with van der Waals surface area (Å²) in [6.07, 6.45) is 5.68. The lowest BCUT2D eigenvalue weighted by Crippen LogP contribution is -1.91. The second-order valence-corrected chi connectivity index (χ2v) is 5.59. The molecule has 0 unspecified atom stereocenters. The van der Waals surface area contributed by atoms with Crippen molar-refractivity contribution in [1.29, 1.82) is 0 Å². The summed E-state index contributed by atoms with van der Waals surface area (Å²) >= 11 is 0. The number of rotatable bonds is 2. The van der Waals surface area contributed by atoms with Crippen molar-refractivity contribution in [1.82, 2.24) is 9.55 Å². The average molecular weight is 302 g/mol. The maximum atomic E-state index is 13.3. The molecule has 0 fully saturated rings. The Morgan fingerprint density at radius 1 is 0.913 bits per heavy atom. The van der Waals surface area contributed by atoms with Crippen LogP contribution in [0, 0.1) is 12.7 Å². The zero-order valence-corrected chi connectivity index (χ0v) is 12.7. The molecule has 0 bridgehead atoms. The topological polar surface area (TPSA) is 17.8 Å². The van der Waals surface area contributed by atoms with E-state index < -0.39 is 0 Å². The van der Waals surface area contributed by atoms with Crippen molar-refractivity contribution in [3.8, 4) is 16.8 Å². The molecular formula is C20H15FN2. The van der Waals surface area contributed by atoms with Crippen LogP contribution in [-0.2, 0) is 0 Å². The summed E-state index contributed by atoms with van der Waals surface area (Å²) in [4.78, 5) is 4.09. The molecule has 0 saturated carbocycles. The lowest BCUT2D eigenvalue weighted by Gasteiger charge is -2.05. The Bertz CT molecular complexity index is 970. The fraction of sp³-hybridized carbons (Fsp3) is 0.0500. The molecule has 2 nitrogen and oxygen atoms in total. The van der Waals surface area contributed by atoms with Crippen molar-refractivity contribution in [3.63, 3.8) is 0 Å². The van der Waals surface area contributed by atoms with E-state index in [2.05, 4.69) is 40.9 Å². The van der Waals surface area contributed by atoms with Crippen LogP contribution in [-0.4, -0.2) is 9.55 Å². The molecule has 4 aromatic rings. The highest BCUT2D eigenvalue weighted by Crippen LogP contribution is 2.34. The van der Waals surface area contributed by atoms with Crippen LogP contribution >= 0.6 is 0 Å². The first-order valence-electron chi connectivity index (χ1n) is 7.51. The fourth-order valence-electron chi connectivity index (χ4n) is 3.03. The van der Waals surface area contributed by atoms with E-state index in [1.165, 1.54) is 23.1 Å². The molecule has 0 spiro atoms. The number of pyridine rings is 1. The van der Waals surface area contributed by atoms with Gasteiger partial charge in [-0.1, -0.05) is 24.3 Å². The first kappa shape index (κ1) is 13.7. The minimum atomic E-state index is -0.219. The summed E-state index contributed by atoms with van der Waals surface area (Å²) in [5.41, 5.74) is 5.52. The van der Waals surface area contributed by atoms with E-state index in [1.54, 1.807) is 12.4 Å².